The lowest BCUT2D eigenvalue weighted by Gasteiger charge is -2.01. The number of nitrogens with two attached hydrogens (primary N) is 1. The predicted octanol–water partition coefficient (Wildman–Crippen LogP) is 1.75. The van der Waals surface area contributed by atoms with Crippen LogP contribution in [0.25, 0.3) is 35.4 Å². The summed E-state index contributed by atoms with van der Waals surface area (Å²) in [6.45, 7) is 0.543. The van der Waals surface area contributed by atoms with Gasteiger partial charge < -0.3 is 25.7 Å². The minimum atomic E-state index is 0.543. The van der Waals surface area contributed by atoms with Crippen molar-refractivity contribution in [3.63, 3.8) is 0 Å². The summed E-state index contributed by atoms with van der Waals surface area (Å²) in [6.07, 6.45) is 8.51. The van der Waals surface area contributed by atoms with Crippen molar-refractivity contribution in [3.05, 3.63) is 116 Å². The van der Waals surface area contributed by atoms with Gasteiger partial charge in [0.2, 0.25) is 0 Å². The van der Waals surface area contributed by atoms with Crippen LogP contribution in [0.5, 0.6) is 0 Å². The van der Waals surface area contributed by atoms with Crippen molar-refractivity contribution >= 4 is 24.3 Å². The molecule has 1 aromatic carbocycles. The van der Waals surface area contributed by atoms with Crippen LogP contribution in [0.15, 0.2) is 66.7 Å². The van der Waals surface area contributed by atoms with Gasteiger partial charge in [-0.3, -0.25) is 0 Å². The van der Waals surface area contributed by atoms with E-state index in [2.05, 4.69) is 111 Å². The van der Waals surface area contributed by atoms with Gasteiger partial charge >= 0.3 is 0 Å². The molecule has 0 atom stereocenters. The van der Waals surface area contributed by atoms with Crippen molar-refractivity contribution in [1.29, 1.82) is 0 Å². The first-order valence-electron chi connectivity index (χ1n) is 10.7. The second kappa shape index (κ2) is 7.48. The molecule has 0 saturated carbocycles. The fraction of sp³-hybridized carbons (Fsp3) is 0.0370. The minimum absolute atomic E-state index is 0.543. The van der Waals surface area contributed by atoms with Crippen LogP contribution < -0.4 is 27.1 Å². The summed E-state index contributed by atoms with van der Waals surface area (Å²) >= 11 is 0. The van der Waals surface area contributed by atoms with E-state index in [-0.39, 0.29) is 0 Å². The van der Waals surface area contributed by atoms with Crippen LogP contribution in [0, 0.1) is 0 Å². The van der Waals surface area contributed by atoms with E-state index >= 15 is 0 Å². The molecule has 1 aliphatic heterocycles. The van der Waals surface area contributed by atoms with Crippen LogP contribution in [0.2, 0.25) is 0 Å². The lowest BCUT2D eigenvalue weighted by Crippen LogP contribution is -2.11. The van der Waals surface area contributed by atoms with E-state index in [0.717, 1.165) is 60.9 Å². The predicted molar refractivity (Wildman–Crippen MR) is 129 cm³/mol. The van der Waals surface area contributed by atoms with E-state index < -0.39 is 0 Å². The number of nitrogens with one attached hydrogen (secondary N) is 4. The standard InChI is InChI=1S/C27H23N5/c28-16-17-1-3-18(4-2-17)26-14-25-13-23-8-7-21(30-23)11-19-5-6-20(29-19)12-22-9-10-24(31-22)15-27(26)32-25/h1-15,29-32H,16,28H2. The molecule has 5 aromatic rings. The summed E-state index contributed by atoms with van der Waals surface area (Å²) in [6, 6.07) is 23.2. The van der Waals surface area contributed by atoms with E-state index in [4.69, 9.17) is 5.73 Å². The second-order valence-corrected chi connectivity index (χ2v) is 8.14. The zero-order valence-corrected chi connectivity index (χ0v) is 17.4. The number of hydrogen-bond donors (Lipinski definition) is 5. The third kappa shape index (κ3) is 3.55. The lowest BCUT2D eigenvalue weighted by atomic mass is 10.1. The summed E-state index contributed by atoms with van der Waals surface area (Å²) in [5.41, 5.74) is 13.4. The molecule has 4 aromatic heterocycles. The molecule has 1 aliphatic rings. The molecule has 0 unspecified atom stereocenters. The van der Waals surface area contributed by atoms with E-state index in [9.17, 15) is 0 Å². The molecule has 6 N–H and O–H groups in total. The highest BCUT2D eigenvalue weighted by Gasteiger charge is 2.05. The maximum absolute atomic E-state index is 5.79. The molecule has 32 heavy (non-hydrogen) atoms. The van der Waals surface area contributed by atoms with Crippen molar-refractivity contribution in [1.82, 2.24) is 19.9 Å². The maximum Gasteiger partial charge on any atom is 0.0485 e. The summed E-state index contributed by atoms with van der Waals surface area (Å²) < 4.78 is 0. The highest BCUT2D eigenvalue weighted by Crippen LogP contribution is 2.16. The van der Waals surface area contributed by atoms with E-state index in [1.807, 2.05) is 0 Å². The molecule has 0 amide bonds. The van der Waals surface area contributed by atoms with Crippen molar-refractivity contribution in [2.24, 2.45) is 5.73 Å². The first-order valence-corrected chi connectivity index (χ1v) is 10.7. The molecule has 0 spiro atoms. The van der Waals surface area contributed by atoms with Crippen LogP contribution in [0.1, 0.15) is 28.3 Å². The molecule has 8 bridgehead atoms. The summed E-state index contributed by atoms with van der Waals surface area (Å²) in [5, 5.41) is 4.20. The highest BCUT2D eigenvalue weighted by molar-refractivity contribution is 5.68. The van der Waals surface area contributed by atoms with Crippen molar-refractivity contribution in [3.8, 4) is 11.1 Å². The Morgan fingerprint density at radius 2 is 1.09 bits per heavy atom. The Bertz CT molecular complexity index is 1650. The van der Waals surface area contributed by atoms with Gasteiger partial charge in [-0.15, -0.1) is 0 Å². The summed E-state index contributed by atoms with van der Waals surface area (Å²) in [4.78, 5) is 14.0. The number of rotatable bonds is 2. The maximum atomic E-state index is 5.79. The number of fused-ring (bicyclic) bond motifs is 8. The van der Waals surface area contributed by atoms with Crippen LogP contribution in [0.3, 0.4) is 0 Å². The summed E-state index contributed by atoms with van der Waals surface area (Å²) in [5.74, 6) is 0. The molecule has 6 rings (SSSR count). The Hall–Kier alpha value is -4.22. The average molecular weight is 418 g/mol. The first-order chi connectivity index (χ1) is 15.7. The van der Waals surface area contributed by atoms with Crippen LogP contribution in [-0.4, -0.2) is 19.9 Å². The molecule has 156 valence electrons. The Morgan fingerprint density at radius 3 is 1.69 bits per heavy atom. The number of H-pyrrole nitrogens is 4. The van der Waals surface area contributed by atoms with Gasteiger partial charge in [0.15, 0.2) is 0 Å². The first kappa shape index (κ1) is 18.5. The lowest BCUT2D eigenvalue weighted by molar-refractivity contribution is 1.07. The fourth-order valence-electron chi connectivity index (χ4n) is 4.19. The number of aromatic nitrogens is 4. The largest absolute Gasteiger partial charge is 0.355 e. The van der Waals surface area contributed by atoms with E-state index in [0.29, 0.717) is 6.54 Å². The fourth-order valence-corrected chi connectivity index (χ4v) is 4.19. The summed E-state index contributed by atoms with van der Waals surface area (Å²) in [7, 11) is 0. The topological polar surface area (TPSA) is 89.2 Å². The van der Waals surface area contributed by atoms with Crippen molar-refractivity contribution in [2.45, 2.75) is 6.54 Å². The SMILES string of the molecule is NCc1ccc(-c2cc3[nH]c2=Cc2ccc([nH]2)C=c2ccc([nH]2)=Cc2ccc([nH]2)C=3)cc1. The van der Waals surface area contributed by atoms with E-state index in [1.165, 1.54) is 0 Å². The number of hydrogen-bond acceptors (Lipinski definition) is 1. The normalized spacial score (nSPS) is 12.4. The highest BCUT2D eigenvalue weighted by atomic mass is 14.8. The average Bonchev–Trinajstić information content (AvgIpc) is 3.59. The zero-order valence-electron chi connectivity index (χ0n) is 17.4. The minimum Gasteiger partial charge on any atom is -0.355 e. The molecule has 0 radical (unpaired) electrons. The Kier molecular flexibility index (Phi) is 4.33. The van der Waals surface area contributed by atoms with Gasteiger partial charge in [-0.25, -0.2) is 0 Å². The van der Waals surface area contributed by atoms with Gasteiger partial charge in [-0.1, -0.05) is 24.3 Å². The quantitative estimate of drug-likeness (QED) is 0.292. The van der Waals surface area contributed by atoms with Gasteiger partial charge in [-0.05, 0) is 77.9 Å². The van der Waals surface area contributed by atoms with Gasteiger partial charge in [0.05, 0.1) is 0 Å². The van der Waals surface area contributed by atoms with Crippen LogP contribution in [0.4, 0.5) is 0 Å². The van der Waals surface area contributed by atoms with Crippen molar-refractivity contribution in [2.75, 3.05) is 0 Å². The Labute approximate surface area is 184 Å². The van der Waals surface area contributed by atoms with Crippen LogP contribution >= 0.6 is 0 Å². The van der Waals surface area contributed by atoms with Gasteiger partial charge in [-0.2, -0.15) is 0 Å². The smallest absolute Gasteiger partial charge is 0.0485 e. The molecule has 5 heteroatoms. The third-order valence-electron chi connectivity index (χ3n) is 5.80. The van der Waals surface area contributed by atoms with Gasteiger partial charge in [0, 0.05) is 56.3 Å². The van der Waals surface area contributed by atoms with Gasteiger partial charge in [0.25, 0.3) is 0 Å². The molecular formula is C27H23N5. The Morgan fingerprint density at radius 1 is 0.531 bits per heavy atom. The van der Waals surface area contributed by atoms with E-state index in [1.54, 1.807) is 0 Å². The zero-order chi connectivity index (χ0) is 21.5. The van der Waals surface area contributed by atoms with Crippen LogP contribution in [-0.2, 0) is 6.54 Å². The molecule has 5 nitrogen and oxygen atoms in total. The number of aromatic amines is 4. The van der Waals surface area contributed by atoms with Gasteiger partial charge in [0.1, 0.15) is 0 Å². The molecule has 0 saturated heterocycles. The van der Waals surface area contributed by atoms with Crippen molar-refractivity contribution < 1.29 is 0 Å². The monoisotopic (exact) mass is 417 g/mol. The molecule has 0 aliphatic carbocycles. The second-order valence-electron chi connectivity index (χ2n) is 8.14. The third-order valence-corrected chi connectivity index (χ3v) is 5.80. The molecule has 0 fully saturated rings. The molecule has 5 heterocycles. The Balaban J connectivity index is 1.59. The molecular weight excluding hydrogens is 394 g/mol. The number of benzene rings is 1.